The summed E-state index contributed by atoms with van der Waals surface area (Å²) in [6.07, 6.45) is 1.40. The van der Waals surface area contributed by atoms with E-state index in [-0.39, 0.29) is 16.0 Å². The van der Waals surface area contributed by atoms with Gasteiger partial charge in [0.05, 0.1) is 21.8 Å². The Morgan fingerprint density at radius 1 is 1.39 bits per heavy atom. The minimum atomic E-state index is -0.712. The number of aromatic nitrogens is 2. The highest BCUT2D eigenvalue weighted by molar-refractivity contribution is 6.35. The van der Waals surface area contributed by atoms with Crippen LogP contribution in [0.4, 0.5) is 10.1 Å². The molecule has 2 N–H and O–H groups in total. The van der Waals surface area contributed by atoms with Crippen molar-refractivity contribution in [2.24, 2.45) is 0 Å². The van der Waals surface area contributed by atoms with E-state index in [0.29, 0.717) is 16.9 Å². The average Bonchev–Trinajstić information content (AvgIpc) is 2.72. The molecule has 0 radical (unpaired) electrons. The Hall–Kier alpha value is -1.59. The third-order valence-electron chi connectivity index (χ3n) is 2.32. The van der Waals surface area contributed by atoms with Gasteiger partial charge in [-0.3, -0.25) is 9.89 Å². The molecule has 0 unspecified atom stereocenters. The van der Waals surface area contributed by atoms with Crippen molar-refractivity contribution in [1.29, 1.82) is 0 Å². The second kappa shape index (κ2) is 4.96. The molecule has 0 aliphatic carbocycles. The normalized spacial score (nSPS) is 10.4. The highest BCUT2D eigenvalue weighted by atomic mass is 35.5. The molecular formula is C11H8Cl2FN3O. The number of anilines is 1. The maximum Gasteiger partial charge on any atom is 0.259 e. The molecule has 1 amide bonds. The number of hydrogen-bond donors (Lipinski definition) is 2. The van der Waals surface area contributed by atoms with E-state index in [4.69, 9.17) is 23.2 Å². The molecule has 2 aromatic rings. The number of amides is 1. The van der Waals surface area contributed by atoms with Gasteiger partial charge in [-0.1, -0.05) is 23.2 Å². The second-order valence-electron chi connectivity index (χ2n) is 3.62. The van der Waals surface area contributed by atoms with Crippen molar-refractivity contribution in [3.63, 3.8) is 0 Å². The van der Waals surface area contributed by atoms with Gasteiger partial charge in [0.1, 0.15) is 0 Å². The number of carbonyl (C=O) groups is 1. The third-order valence-corrected chi connectivity index (χ3v) is 2.87. The molecule has 0 saturated carbocycles. The summed E-state index contributed by atoms with van der Waals surface area (Å²) in [7, 11) is 0. The number of benzene rings is 1. The van der Waals surface area contributed by atoms with Gasteiger partial charge in [0.2, 0.25) is 0 Å². The maximum atomic E-state index is 13.2. The topological polar surface area (TPSA) is 57.8 Å². The standard InChI is InChI=1S/C11H8Cl2FN3O/c1-5-7(4-15-17-5)11(18)16-6-2-8(12)10(14)9(13)3-6/h2-4H,1H3,(H,15,17)(H,16,18). The van der Waals surface area contributed by atoms with Gasteiger partial charge >= 0.3 is 0 Å². The Balaban J connectivity index is 2.25. The Bertz CT molecular complexity index is 589. The van der Waals surface area contributed by atoms with Crippen LogP contribution in [0.3, 0.4) is 0 Å². The number of carbonyl (C=O) groups excluding carboxylic acids is 1. The van der Waals surface area contributed by atoms with Crippen LogP contribution in [0.25, 0.3) is 0 Å². The van der Waals surface area contributed by atoms with Crippen molar-refractivity contribution in [3.05, 3.63) is 45.4 Å². The summed E-state index contributed by atoms with van der Waals surface area (Å²) in [6.45, 7) is 1.71. The molecule has 1 aromatic heterocycles. The van der Waals surface area contributed by atoms with Crippen LogP contribution in [0.1, 0.15) is 16.1 Å². The fraction of sp³-hybridized carbons (Fsp3) is 0.0909. The number of aromatic amines is 1. The van der Waals surface area contributed by atoms with Gasteiger partial charge in [-0.15, -0.1) is 0 Å². The van der Waals surface area contributed by atoms with E-state index in [1.165, 1.54) is 18.3 Å². The van der Waals surface area contributed by atoms with Crippen LogP contribution in [0.5, 0.6) is 0 Å². The second-order valence-corrected chi connectivity index (χ2v) is 4.43. The lowest BCUT2D eigenvalue weighted by molar-refractivity contribution is 0.102. The quantitative estimate of drug-likeness (QED) is 0.832. The molecule has 0 aliphatic rings. The number of H-pyrrole nitrogens is 1. The van der Waals surface area contributed by atoms with E-state index < -0.39 is 5.82 Å². The Morgan fingerprint density at radius 3 is 2.50 bits per heavy atom. The summed E-state index contributed by atoms with van der Waals surface area (Å²) in [5.41, 5.74) is 1.34. The van der Waals surface area contributed by atoms with Gasteiger partial charge in [0.25, 0.3) is 5.91 Å². The van der Waals surface area contributed by atoms with Crippen LogP contribution >= 0.6 is 23.2 Å². The zero-order chi connectivity index (χ0) is 13.3. The molecule has 94 valence electrons. The highest BCUT2D eigenvalue weighted by Crippen LogP contribution is 2.27. The van der Waals surface area contributed by atoms with E-state index in [2.05, 4.69) is 15.5 Å². The zero-order valence-corrected chi connectivity index (χ0v) is 10.7. The van der Waals surface area contributed by atoms with Crippen molar-refractivity contribution in [1.82, 2.24) is 10.2 Å². The van der Waals surface area contributed by atoms with Crippen LogP contribution in [0.15, 0.2) is 18.3 Å². The first-order valence-electron chi connectivity index (χ1n) is 4.95. The van der Waals surface area contributed by atoms with Gasteiger partial charge in [-0.05, 0) is 19.1 Å². The van der Waals surface area contributed by atoms with Gasteiger partial charge < -0.3 is 5.32 Å². The van der Waals surface area contributed by atoms with Gasteiger partial charge in [-0.2, -0.15) is 5.10 Å². The maximum absolute atomic E-state index is 13.2. The van der Waals surface area contributed by atoms with Crippen LogP contribution in [0, 0.1) is 12.7 Å². The fourth-order valence-electron chi connectivity index (χ4n) is 1.41. The average molecular weight is 288 g/mol. The molecule has 1 aromatic carbocycles. The lowest BCUT2D eigenvalue weighted by Gasteiger charge is -2.06. The lowest BCUT2D eigenvalue weighted by Crippen LogP contribution is -2.12. The first kappa shape index (κ1) is 12.9. The molecule has 0 fully saturated rings. The summed E-state index contributed by atoms with van der Waals surface area (Å²) < 4.78 is 13.2. The number of halogens is 3. The molecule has 1 heterocycles. The number of nitrogens with zero attached hydrogens (tertiary/aromatic N) is 1. The Kier molecular flexibility index (Phi) is 3.54. The van der Waals surface area contributed by atoms with Crippen molar-refractivity contribution in [3.8, 4) is 0 Å². The first-order valence-corrected chi connectivity index (χ1v) is 5.70. The molecular weight excluding hydrogens is 280 g/mol. The predicted molar refractivity (Wildman–Crippen MR) is 67.7 cm³/mol. The third kappa shape index (κ3) is 2.47. The van der Waals surface area contributed by atoms with Crippen LogP contribution in [-0.2, 0) is 0 Å². The van der Waals surface area contributed by atoms with E-state index in [1.54, 1.807) is 6.92 Å². The summed E-state index contributed by atoms with van der Waals surface area (Å²) >= 11 is 11.3. The molecule has 18 heavy (non-hydrogen) atoms. The summed E-state index contributed by atoms with van der Waals surface area (Å²) in [5.74, 6) is -1.09. The predicted octanol–water partition coefficient (Wildman–Crippen LogP) is 3.42. The highest BCUT2D eigenvalue weighted by Gasteiger charge is 2.13. The zero-order valence-electron chi connectivity index (χ0n) is 9.22. The van der Waals surface area contributed by atoms with Crippen molar-refractivity contribution >= 4 is 34.8 Å². The molecule has 0 atom stereocenters. The van der Waals surface area contributed by atoms with E-state index in [0.717, 1.165) is 0 Å². The summed E-state index contributed by atoms with van der Waals surface area (Å²) in [5, 5.41) is 8.64. The van der Waals surface area contributed by atoms with Crippen molar-refractivity contribution in [2.75, 3.05) is 5.32 Å². The number of aryl methyl sites for hydroxylation is 1. The molecule has 0 aliphatic heterocycles. The minimum absolute atomic E-state index is 0.151. The van der Waals surface area contributed by atoms with Crippen LogP contribution in [0.2, 0.25) is 10.0 Å². The van der Waals surface area contributed by atoms with Crippen LogP contribution < -0.4 is 5.32 Å². The van der Waals surface area contributed by atoms with Gasteiger partial charge in [0.15, 0.2) is 5.82 Å². The molecule has 0 spiro atoms. The smallest absolute Gasteiger partial charge is 0.259 e. The number of nitrogens with one attached hydrogen (secondary N) is 2. The van der Waals surface area contributed by atoms with Crippen LogP contribution in [-0.4, -0.2) is 16.1 Å². The fourth-order valence-corrected chi connectivity index (χ4v) is 1.89. The molecule has 0 bridgehead atoms. The Labute approximate surface area is 112 Å². The lowest BCUT2D eigenvalue weighted by atomic mass is 10.2. The molecule has 2 rings (SSSR count). The molecule has 0 saturated heterocycles. The number of rotatable bonds is 2. The van der Waals surface area contributed by atoms with Gasteiger partial charge in [-0.25, -0.2) is 4.39 Å². The minimum Gasteiger partial charge on any atom is -0.322 e. The SMILES string of the molecule is Cc1[nH]ncc1C(=O)Nc1cc(Cl)c(F)c(Cl)c1. The van der Waals surface area contributed by atoms with E-state index >= 15 is 0 Å². The van der Waals surface area contributed by atoms with Crippen molar-refractivity contribution < 1.29 is 9.18 Å². The Morgan fingerprint density at radius 2 is 2.00 bits per heavy atom. The monoisotopic (exact) mass is 287 g/mol. The van der Waals surface area contributed by atoms with E-state index in [9.17, 15) is 9.18 Å². The number of hydrogen-bond acceptors (Lipinski definition) is 2. The van der Waals surface area contributed by atoms with Gasteiger partial charge in [0, 0.05) is 11.4 Å². The summed E-state index contributed by atoms with van der Waals surface area (Å²) in [4.78, 5) is 11.9. The summed E-state index contributed by atoms with van der Waals surface area (Å²) in [6, 6.07) is 2.58. The van der Waals surface area contributed by atoms with E-state index in [1.807, 2.05) is 0 Å². The first-order chi connectivity index (χ1) is 8.49. The molecule has 4 nitrogen and oxygen atoms in total. The largest absolute Gasteiger partial charge is 0.322 e. The molecule has 7 heteroatoms. The van der Waals surface area contributed by atoms with Crippen molar-refractivity contribution in [2.45, 2.75) is 6.92 Å².